The molecule has 0 unspecified atom stereocenters. The Morgan fingerprint density at radius 1 is 0.171 bits per heavy atom. The van der Waals surface area contributed by atoms with Gasteiger partial charge in [-0.2, -0.15) is 0 Å². The molecule has 0 saturated heterocycles. The molecule has 0 aliphatic carbocycles. The molecule has 0 fully saturated rings. The molecule has 384 valence electrons. The van der Waals surface area contributed by atoms with Crippen LogP contribution in [0.3, 0.4) is 0 Å². The van der Waals surface area contributed by atoms with Crippen molar-refractivity contribution in [2.24, 2.45) is 0 Å². The molecular weight excluding hydrogens is 997 g/mol. The highest BCUT2D eigenvalue weighted by atomic mass is 14.9. The smallest absolute Gasteiger partial charge is 0.160 e. The van der Waals surface area contributed by atoms with Crippen LogP contribution in [0.2, 0.25) is 0 Å². The molecule has 0 amide bonds. The summed E-state index contributed by atoms with van der Waals surface area (Å²) in [6, 6.07) is 98.2. The second-order valence-corrected chi connectivity index (χ2v) is 20.3. The van der Waals surface area contributed by atoms with Crippen LogP contribution >= 0.6 is 0 Å². The van der Waals surface area contributed by atoms with Gasteiger partial charge in [0.1, 0.15) is 0 Å². The first-order valence-electron chi connectivity index (χ1n) is 27.5. The standard InChI is InChI=1S/C76H50N6/c1-3-9-51(10-4-1)53-17-21-55(22-18-53)57-25-33-61(34-26-57)71-49-73(63-41-45-77-46-42-63)81-75(79-71)65-37-29-59(30-38-65)67-13-7-16-70-68(14-8-15-69(67)70)60-31-39-66(40-32-60)76-80-72(50-74(82-76)64-43-47-78-48-44-64)62-35-27-58(28-36-62)56-23-19-54(20-24-56)52-11-5-2-6-12-52/h1-50H. The fourth-order valence-corrected chi connectivity index (χ4v) is 10.8. The highest BCUT2D eigenvalue weighted by Gasteiger charge is 2.16. The lowest BCUT2D eigenvalue weighted by Gasteiger charge is -2.13. The third-order valence-corrected chi connectivity index (χ3v) is 15.2. The number of aromatic nitrogens is 6. The van der Waals surface area contributed by atoms with Crippen molar-refractivity contribution in [2.45, 2.75) is 0 Å². The van der Waals surface area contributed by atoms with Crippen molar-refractivity contribution in [1.29, 1.82) is 0 Å². The second kappa shape index (κ2) is 22.0. The number of hydrogen-bond donors (Lipinski definition) is 0. The van der Waals surface area contributed by atoms with E-state index in [2.05, 4.69) is 253 Å². The molecule has 14 rings (SSSR count). The topological polar surface area (TPSA) is 77.3 Å². The lowest BCUT2D eigenvalue weighted by molar-refractivity contribution is 1.18. The summed E-state index contributed by atoms with van der Waals surface area (Å²) in [5.74, 6) is 1.31. The number of rotatable bonds is 12. The van der Waals surface area contributed by atoms with Crippen LogP contribution in [0, 0.1) is 0 Å². The summed E-state index contributed by atoms with van der Waals surface area (Å²) >= 11 is 0. The maximum absolute atomic E-state index is 5.19. The van der Waals surface area contributed by atoms with Crippen LogP contribution in [0.5, 0.6) is 0 Å². The lowest BCUT2D eigenvalue weighted by atomic mass is 9.92. The molecule has 14 aromatic rings. The Bertz CT molecular complexity index is 4220. The van der Waals surface area contributed by atoms with E-state index in [0.717, 1.165) is 101 Å². The zero-order valence-electron chi connectivity index (χ0n) is 44.6. The summed E-state index contributed by atoms with van der Waals surface area (Å²) in [4.78, 5) is 29.2. The Balaban J connectivity index is 0.735. The number of nitrogens with zero attached hydrogens (tertiary/aromatic N) is 6. The van der Waals surface area contributed by atoms with Crippen LogP contribution in [-0.2, 0) is 0 Å². The molecular formula is C76H50N6. The molecule has 6 heteroatoms. The van der Waals surface area contributed by atoms with Crippen molar-refractivity contribution >= 4 is 10.8 Å². The van der Waals surface area contributed by atoms with Crippen LogP contribution in [0.25, 0.3) is 145 Å². The van der Waals surface area contributed by atoms with Crippen LogP contribution < -0.4 is 0 Å². The average molecular weight is 1050 g/mol. The molecule has 0 aliphatic heterocycles. The van der Waals surface area contributed by atoms with E-state index < -0.39 is 0 Å². The van der Waals surface area contributed by atoms with Gasteiger partial charge in [-0.25, -0.2) is 19.9 Å². The summed E-state index contributed by atoms with van der Waals surface area (Å²) in [6.07, 6.45) is 7.21. The number of benzene rings is 10. The van der Waals surface area contributed by atoms with Gasteiger partial charge in [0.05, 0.1) is 22.8 Å². The normalized spacial score (nSPS) is 11.2. The van der Waals surface area contributed by atoms with Crippen molar-refractivity contribution in [1.82, 2.24) is 29.9 Å². The van der Waals surface area contributed by atoms with Gasteiger partial charge in [0.15, 0.2) is 11.6 Å². The van der Waals surface area contributed by atoms with Crippen molar-refractivity contribution in [3.63, 3.8) is 0 Å². The second-order valence-electron chi connectivity index (χ2n) is 20.3. The van der Waals surface area contributed by atoms with Gasteiger partial charge in [0.2, 0.25) is 0 Å². The maximum Gasteiger partial charge on any atom is 0.160 e. The Labute approximate surface area is 476 Å². The van der Waals surface area contributed by atoms with Gasteiger partial charge in [-0.3, -0.25) is 9.97 Å². The third-order valence-electron chi connectivity index (χ3n) is 15.2. The molecule has 0 aliphatic rings. The first-order chi connectivity index (χ1) is 40.6. The molecule has 82 heavy (non-hydrogen) atoms. The Morgan fingerprint density at radius 3 is 0.720 bits per heavy atom. The minimum absolute atomic E-state index is 0.654. The van der Waals surface area contributed by atoms with E-state index in [1.807, 2.05) is 36.4 Å². The predicted molar refractivity (Wildman–Crippen MR) is 336 cm³/mol. The van der Waals surface area contributed by atoms with Crippen LogP contribution in [0.1, 0.15) is 0 Å². The average Bonchev–Trinajstić information content (AvgIpc) is 3.65. The van der Waals surface area contributed by atoms with Crippen LogP contribution in [0.15, 0.2) is 304 Å². The summed E-state index contributed by atoms with van der Waals surface area (Å²) in [5.41, 5.74) is 23.1. The Morgan fingerprint density at radius 2 is 0.415 bits per heavy atom. The van der Waals surface area contributed by atoms with Crippen molar-refractivity contribution < 1.29 is 0 Å². The summed E-state index contributed by atoms with van der Waals surface area (Å²) in [5, 5.41) is 2.33. The number of hydrogen-bond acceptors (Lipinski definition) is 6. The third kappa shape index (κ3) is 10.2. The molecule has 0 radical (unpaired) electrons. The van der Waals surface area contributed by atoms with Gasteiger partial charge in [0, 0.05) is 58.2 Å². The minimum atomic E-state index is 0.654. The highest BCUT2D eigenvalue weighted by molar-refractivity contribution is 6.04. The molecule has 0 saturated carbocycles. The van der Waals surface area contributed by atoms with Crippen LogP contribution in [-0.4, -0.2) is 29.9 Å². The van der Waals surface area contributed by atoms with Crippen molar-refractivity contribution in [3.05, 3.63) is 304 Å². The van der Waals surface area contributed by atoms with E-state index in [9.17, 15) is 0 Å². The minimum Gasteiger partial charge on any atom is -0.265 e. The van der Waals surface area contributed by atoms with E-state index in [4.69, 9.17) is 19.9 Å². The largest absolute Gasteiger partial charge is 0.265 e. The van der Waals surface area contributed by atoms with Gasteiger partial charge < -0.3 is 0 Å². The zero-order valence-corrected chi connectivity index (χ0v) is 44.6. The Kier molecular flexibility index (Phi) is 13.2. The fourth-order valence-electron chi connectivity index (χ4n) is 10.8. The van der Waals surface area contributed by atoms with Crippen LogP contribution in [0.4, 0.5) is 0 Å². The molecule has 4 heterocycles. The predicted octanol–water partition coefficient (Wildman–Crippen LogP) is 19.2. The van der Waals surface area contributed by atoms with Gasteiger partial charge >= 0.3 is 0 Å². The van der Waals surface area contributed by atoms with Crippen molar-refractivity contribution in [2.75, 3.05) is 0 Å². The van der Waals surface area contributed by atoms with E-state index >= 15 is 0 Å². The van der Waals surface area contributed by atoms with E-state index in [0.29, 0.717) is 11.6 Å². The first-order valence-corrected chi connectivity index (χ1v) is 27.5. The number of fused-ring (bicyclic) bond motifs is 1. The quantitative estimate of drug-likeness (QED) is 0.121. The van der Waals surface area contributed by atoms with Gasteiger partial charge in [-0.1, -0.05) is 243 Å². The molecule has 6 nitrogen and oxygen atoms in total. The van der Waals surface area contributed by atoms with E-state index in [-0.39, 0.29) is 0 Å². The number of pyridine rings is 2. The molecule has 0 bridgehead atoms. The van der Waals surface area contributed by atoms with Crippen molar-refractivity contribution in [3.8, 4) is 135 Å². The Hall–Kier alpha value is -11.1. The molecule has 0 atom stereocenters. The molecule has 4 aromatic heterocycles. The van der Waals surface area contributed by atoms with E-state index in [1.54, 1.807) is 24.8 Å². The fraction of sp³-hybridized carbons (Fsp3) is 0. The summed E-state index contributed by atoms with van der Waals surface area (Å²) < 4.78 is 0. The lowest BCUT2D eigenvalue weighted by Crippen LogP contribution is -1.96. The van der Waals surface area contributed by atoms with Gasteiger partial charge in [-0.15, -0.1) is 0 Å². The van der Waals surface area contributed by atoms with Gasteiger partial charge in [0.25, 0.3) is 0 Å². The maximum atomic E-state index is 5.19. The molecule has 10 aromatic carbocycles. The first kappa shape index (κ1) is 49.2. The monoisotopic (exact) mass is 1050 g/mol. The van der Waals surface area contributed by atoms with E-state index in [1.165, 1.54) is 33.0 Å². The molecule has 0 N–H and O–H groups in total. The zero-order chi connectivity index (χ0) is 54.6. The van der Waals surface area contributed by atoms with Gasteiger partial charge in [-0.05, 0) is 114 Å². The summed E-state index contributed by atoms with van der Waals surface area (Å²) in [7, 11) is 0. The SMILES string of the molecule is c1ccc(-c2ccc(-c3ccc(-c4cc(-c5ccncc5)nc(-c5ccc(-c6cccc7c(-c8ccc(-c9nc(-c%10ccncc%10)cc(-c%10ccc(-c%11ccc(-c%12ccccc%12)cc%11)cc%10)n9)cc8)cccc67)cc5)n4)cc3)cc2)cc1. The highest BCUT2D eigenvalue weighted by Crippen LogP contribution is 2.38. The molecule has 0 spiro atoms. The summed E-state index contributed by atoms with van der Waals surface area (Å²) in [6.45, 7) is 0.